The highest BCUT2D eigenvalue weighted by Gasteiger charge is 2.56. The molecular formula is C37H42Cl2N2O3. The molecule has 2 aliphatic heterocycles. The van der Waals surface area contributed by atoms with Gasteiger partial charge in [0.05, 0.1) is 20.9 Å². The molecule has 1 saturated carbocycles. The smallest absolute Gasteiger partial charge is 0.309 e. The molecule has 2 heterocycles. The highest BCUT2D eigenvalue weighted by atomic mass is 35.5. The molecule has 0 spiro atoms. The fourth-order valence-electron chi connectivity index (χ4n) is 7.85. The number of carboxylic acid groups (broad SMARTS) is 1. The molecule has 1 N–H and O–H groups in total. The number of amides is 1. The SMILES string of the molecule is O=C(O)C1(CC(Cc2ccccc2)(CN2CCC(C(=O)N3CCCCC3)(c3ccccc3)CC2)c2ccc(Cl)c(Cl)c2)CC1. The average molecular weight is 634 g/mol. The minimum atomic E-state index is -0.741. The van der Waals surface area contributed by atoms with Gasteiger partial charge in [-0.25, -0.2) is 0 Å². The second-order valence-electron chi connectivity index (χ2n) is 13.4. The van der Waals surface area contributed by atoms with Crippen LogP contribution >= 0.6 is 23.2 Å². The van der Waals surface area contributed by atoms with Crippen molar-refractivity contribution >= 4 is 35.1 Å². The Labute approximate surface area is 271 Å². The second kappa shape index (κ2) is 12.9. The van der Waals surface area contributed by atoms with Gasteiger partial charge in [0.15, 0.2) is 0 Å². The van der Waals surface area contributed by atoms with Gasteiger partial charge in [-0.2, -0.15) is 0 Å². The Bertz CT molecular complexity index is 1460. The molecule has 1 atom stereocenters. The third-order valence-electron chi connectivity index (χ3n) is 10.5. The van der Waals surface area contributed by atoms with E-state index in [0.717, 1.165) is 68.6 Å². The molecule has 0 aromatic heterocycles. The standard InChI is InChI=1S/C37H42Cl2N2O3/c38-31-15-14-30(24-32(31)39)36(25-28-10-4-1-5-11-28,26-35(16-17-35)34(43)44)27-40-22-18-37(19-23-40,29-12-6-2-7-13-29)33(42)41-20-8-3-9-21-41/h1-2,4-7,10-15,24H,3,8-9,16-23,25-27H2,(H,43,44). The number of likely N-dealkylation sites (tertiary alicyclic amines) is 2. The molecule has 3 aliphatic rings. The molecule has 1 amide bonds. The highest BCUT2D eigenvalue weighted by molar-refractivity contribution is 6.42. The normalized spacial score (nSPS) is 20.9. The van der Waals surface area contributed by atoms with E-state index in [4.69, 9.17) is 23.2 Å². The van der Waals surface area contributed by atoms with E-state index in [0.29, 0.717) is 42.3 Å². The van der Waals surface area contributed by atoms with E-state index in [1.807, 2.05) is 54.6 Å². The highest BCUT2D eigenvalue weighted by Crippen LogP contribution is 2.56. The predicted molar refractivity (Wildman–Crippen MR) is 176 cm³/mol. The number of nitrogens with zero attached hydrogens (tertiary/aromatic N) is 2. The summed E-state index contributed by atoms with van der Waals surface area (Å²) in [6.07, 6.45) is 7.37. The van der Waals surface area contributed by atoms with Crippen molar-refractivity contribution in [2.24, 2.45) is 5.41 Å². The number of aliphatic carboxylic acids is 1. The number of hydrogen-bond acceptors (Lipinski definition) is 3. The lowest BCUT2D eigenvalue weighted by Crippen LogP contribution is -2.56. The monoisotopic (exact) mass is 632 g/mol. The van der Waals surface area contributed by atoms with Crippen molar-refractivity contribution in [1.29, 1.82) is 0 Å². The van der Waals surface area contributed by atoms with Crippen molar-refractivity contribution in [3.63, 3.8) is 0 Å². The lowest BCUT2D eigenvalue weighted by atomic mass is 9.67. The van der Waals surface area contributed by atoms with E-state index < -0.39 is 22.2 Å². The molecule has 232 valence electrons. The summed E-state index contributed by atoms with van der Waals surface area (Å²) in [5.74, 6) is -0.449. The van der Waals surface area contributed by atoms with Gasteiger partial charge in [-0.15, -0.1) is 0 Å². The maximum atomic E-state index is 14.3. The molecule has 1 aliphatic carbocycles. The van der Waals surface area contributed by atoms with E-state index in [1.165, 1.54) is 6.42 Å². The third-order valence-corrected chi connectivity index (χ3v) is 11.3. The van der Waals surface area contributed by atoms with Gasteiger partial charge in [0.2, 0.25) is 5.91 Å². The van der Waals surface area contributed by atoms with Crippen molar-refractivity contribution in [1.82, 2.24) is 9.80 Å². The molecule has 0 bridgehead atoms. The Morgan fingerprint density at radius 2 is 1.41 bits per heavy atom. The number of carboxylic acids is 1. The number of hydrogen-bond donors (Lipinski definition) is 1. The van der Waals surface area contributed by atoms with Gasteiger partial charge in [0.1, 0.15) is 0 Å². The lowest BCUT2D eigenvalue weighted by molar-refractivity contribution is -0.145. The zero-order chi connectivity index (χ0) is 30.8. The van der Waals surface area contributed by atoms with Crippen LogP contribution in [0.4, 0.5) is 0 Å². The molecule has 3 fully saturated rings. The van der Waals surface area contributed by atoms with Gasteiger partial charge < -0.3 is 14.9 Å². The number of carbonyl (C=O) groups is 2. The van der Waals surface area contributed by atoms with Crippen LogP contribution in [0.1, 0.15) is 68.1 Å². The summed E-state index contributed by atoms with van der Waals surface area (Å²) in [4.78, 5) is 31.5. The summed E-state index contributed by atoms with van der Waals surface area (Å²) in [7, 11) is 0. The van der Waals surface area contributed by atoms with Crippen molar-refractivity contribution in [3.8, 4) is 0 Å². The fourth-order valence-corrected chi connectivity index (χ4v) is 8.15. The van der Waals surface area contributed by atoms with Crippen LogP contribution in [0.3, 0.4) is 0 Å². The van der Waals surface area contributed by atoms with Gasteiger partial charge in [-0.05, 0) is 99.7 Å². The van der Waals surface area contributed by atoms with Crippen LogP contribution in [0.25, 0.3) is 0 Å². The van der Waals surface area contributed by atoms with Gasteiger partial charge >= 0.3 is 5.97 Å². The summed E-state index contributed by atoms with van der Waals surface area (Å²) in [6, 6.07) is 26.5. The van der Waals surface area contributed by atoms with Gasteiger partial charge in [0.25, 0.3) is 0 Å². The van der Waals surface area contributed by atoms with Gasteiger partial charge in [0, 0.05) is 25.0 Å². The second-order valence-corrected chi connectivity index (χ2v) is 14.2. The number of benzene rings is 3. The summed E-state index contributed by atoms with van der Waals surface area (Å²) in [6.45, 7) is 3.87. The topological polar surface area (TPSA) is 60.9 Å². The molecule has 5 nitrogen and oxygen atoms in total. The molecule has 0 radical (unpaired) electrons. The average Bonchev–Trinajstić information content (AvgIpc) is 3.84. The van der Waals surface area contributed by atoms with Crippen LogP contribution in [0.15, 0.2) is 78.9 Å². The van der Waals surface area contributed by atoms with Crippen LogP contribution in [-0.2, 0) is 26.8 Å². The van der Waals surface area contributed by atoms with Gasteiger partial charge in [-0.1, -0.05) is 89.9 Å². The Morgan fingerprint density at radius 1 is 0.773 bits per heavy atom. The Kier molecular flexibility index (Phi) is 9.10. The molecule has 3 aromatic rings. The van der Waals surface area contributed by atoms with Crippen molar-refractivity contribution in [2.45, 2.75) is 68.6 Å². The summed E-state index contributed by atoms with van der Waals surface area (Å²) in [5, 5.41) is 11.3. The van der Waals surface area contributed by atoms with Crippen molar-refractivity contribution < 1.29 is 14.7 Å². The number of halogens is 2. The molecule has 1 unspecified atom stereocenters. The first-order valence-corrected chi connectivity index (χ1v) is 16.8. The fraction of sp³-hybridized carbons (Fsp3) is 0.459. The maximum absolute atomic E-state index is 14.3. The van der Waals surface area contributed by atoms with E-state index in [-0.39, 0.29) is 5.91 Å². The molecule has 2 saturated heterocycles. The largest absolute Gasteiger partial charge is 0.481 e. The van der Waals surface area contributed by atoms with Crippen LogP contribution in [0.2, 0.25) is 10.0 Å². The van der Waals surface area contributed by atoms with Crippen LogP contribution in [0, 0.1) is 5.41 Å². The number of piperidine rings is 2. The van der Waals surface area contributed by atoms with Crippen molar-refractivity contribution in [2.75, 3.05) is 32.7 Å². The first kappa shape index (κ1) is 31.1. The first-order valence-electron chi connectivity index (χ1n) is 16.1. The van der Waals surface area contributed by atoms with E-state index in [2.05, 4.69) is 34.1 Å². The predicted octanol–water partition coefficient (Wildman–Crippen LogP) is 7.78. The minimum absolute atomic E-state index is 0.269. The van der Waals surface area contributed by atoms with E-state index >= 15 is 0 Å². The zero-order valence-electron chi connectivity index (χ0n) is 25.3. The van der Waals surface area contributed by atoms with Gasteiger partial charge in [-0.3, -0.25) is 9.59 Å². The third kappa shape index (κ3) is 6.29. The molecular weight excluding hydrogens is 591 g/mol. The Hall–Kier alpha value is -2.86. The quantitative estimate of drug-likeness (QED) is 0.248. The molecule has 44 heavy (non-hydrogen) atoms. The summed E-state index contributed by atoms with van der Waals surface area (Å²) in [5.41, 5.74) is 1.50. The lowest BCUT2D eigenvalue weighted by Gasteiger charge is -2.47. The zero-order valence-corrected chi connectivity index (χ0v) is 26.8. The maximum Gasteiger partial charge on any atom is 0.309 e. The number of carbonyl (C=O) groups excluding carboxylic acids is 1. The van der Waals surface area contributed by atoms with E-state index in [1.54, 1.807) is 0 Å². The summed E-state index contributed by atoms with van der Waals surface area (Å²) < 4.78 is 0. The van der Waals surface area contributed by atoms with Crippen LogP contribution in [0.5, 0.6) is 0 Å². The molecule has 3 aromatic carbocycles. The van der Waals surface area contributed by atoms with E-state index in [9.17, 15) is 14.7 Å². The minimum Gasteiger partial charge on any atom is -0.481 e. The summed E-state index contributed by atoms with van der Waals surface area (Å²) >= 11 is 13.0. The Balaban J connectivity index is 1.34. The Morgan fingerprint density at radius 3 is 2.00 bits per heavy atom. The van der Waals surface area contributed by atoms with Crippen LogP contribution in [-0.4, -0.2) is 59.5 Å². The van der Waals surface area contributed by atoms with Crippen LogP contribution < -0.4 is 0 Å². The first-order chi connectivity index (χ1) is 21.3. The van der Waals surface area contributed by atoms with Crippen molar-refractivity contribution in [3.05, 3.63) is 106 Å². The molecule has 7 heteroatoms. The number of rotatable bonds is 10. The molecule has 6 rings (SSSR count).